The number of rotatable bonds is 8. The van der Waals surface area contributed by atoms with E-state index in [4.69, 9.17) is 4.74 Å². The van der Waals surface area contributed by atoms with Crippen LogP contribution in [0.25, 0.3) is 5.57 Å². The molecule has 1 aliphatic rings. The first-order valence-electron chi connectivity index (χ1n) is 12.8. The smallest absolute Gasteiger partial charge is 0.416 e. The zero-order chi connectivity index (χ0) is 27.7. The molecule has 0 bridgehead atoms. The Hall–Kier alpha value is -2.58. The molecule has 0 spiro atoms. The fourth-order valence-electron chi connectivity index (χ4n) is 5.10. The van der Waals surface area contributed by atoms with Crippen molar-refractivity contribution in [1.82, 2.24) is 5.32 Å². The number of pyridine rings is 1. The number of nitrogens with zero attached hydrogens (tertiary/aromatic N) is 1. The second-order valence-electron chi connectivity index (χ2n) is 11.3. The quantitative estimate of drug-likeness (QED) is 0.310. The number of aromatic nitrogens is 1. The third kappa shape index (κ3) is 6.65. The maximum atomic E-state index is 13.4. The van der Waals surface area contributed by atoms with E-state index in [9.17, 15) is 23.5 Å². The number of alkyl halides is 3. The van der Waals surface area contributed by atoms with Crippen LogP contribution in [-0.2, 0) is 6.18 Å². The minimum Gasteiger partial charge on any atom is -0.618 e. The molecule has 1 heterocycles. The minimum absolute atomic E-state index is 0.0249. The lowest BCUT2D eigenvalue weighted by Crippen LogP contribution is -2.40. The summed E-state index contributed by atoms with van der Waals surface area (Å²) in [6.07, 6.45) is -3.27. The summed E-state index contributed by atoms with van der Waals surface area (Å²) in [5, 5.41) is 27.7. The molecule has 204 valence electrons. The lowest BCUT2D eigenvalue weighted by Gasteiger charge is -2.34. The SMILES string of the molecule is COc1ccc(C(C)C)[n+]([O-])c1C1=C(CN[C@@H](C)C(O)c2cc(C)cc(C(F)(F)F)c2)CC(C)(C)CC1. The van der Waals surface area contributed by atoms with Gasteiger partial charge in [0, 0.05) is 30.1 Å². The van der Waals surface area contributed by atoms with Gasteiger partial charge in [0.25, 0.3) is 5.69 Å². The molecule has 0 aliphatic heterocycles. The van der Waals surface area contributed by atoms with Crippen molar-refractivity contribution in [3.8, 4) is 5.75 Å². The Kier molecular flexibility index (Phi) is 8.64. The minimum atomic E-state index is -4.48. The maximum absolute atomic E-state index is 13.4. The van der Waals surface area contributed by atoms with E-state index in [1.165, 1.54) is 0 Å². The van der Waals surface area contributed by atoms with Gasteiger partial charge in [-0.3, -0.25) is 0 Å². The van der Waals surface area contributed by atoms with Gasteiger partial charge in [-0.15, -0.1) is 0 Å². The van der Waals surface area contributed by atoms with Crippen molar-refractivity contribution in [2.24, 2.45) is 5.41 Å². The van der Waals surface area contributed by atoms with Gasteiger partial charge in [-0.05, 0) is 67.9 Å². The Labute approximate surface area is 217 Å². The molecule has 0 amide bonds. The first-order chi connectivity index (χ1) is 17.1. The van der Waals surface area contributed by atoms with Crippen LogP contribution in [0.5, 0.6) is 5.75 Å². The molecule has 0 radical (unpaired) electrons. The molecule has 1 unspecified atom stereocenters. The molecule has 2 aromatic rings. The monoisotopic (exact) mass is 520 g/mol. The summed E-state index contributed by atoms with van der Waals surface area (Å²) >= 11 is 0. The number of ether oxygens (including phenoxy) is 1. The maximum Gasteiger partial charge on any atom is 0.416 e. The highest BCUT2D eigenvalue weighted by Gasteiger charge is 2.34. The second-order valence-corrected chi connectivity index (χ2v) is 11.3. The summed E-state index contributed by atoms with van der Waals surface area (Å²) in [6.45, 7) is 12.0. The van der Waals surface area contributed by atoms with Crippen LogP contribution in [0, 0.1) is 17.5 Å². The largest absolute Gasteiger partial charge is 0.618 e. The summed E-state index contributed by atoms with van der Waals surface area (Å²) in [4.78, 5) is 0. The van der Waals surface area contributed by atoms with E-state index < -0.39 is 23.9 Å². The van der Waals surface area contributed by atoms with E-state index in [1.807, 2.05) is 19.9 Å². The highest BCUT2D eigenvalue weighted by atomic mass is 19.4. The molecule has 5 nitrogen and oxygen atoms in total. The first kappa shape index (κ1) is 29.0. The van der Waals surface area contributed by atoms with Crippen molar-refractivity contribution in [3.05, 3.63) is 69.2 Å². The van der Waals surface area contributed by atoms with Crippen molar-refractivity contribution >= 4 is 5.57 Å². The van der Waals surface area contributed by atoms with Crippen LogP contribution in [0.15, 0.2) is 35.9 Å². The zero-order valence-corrected chi connectivity index (χ0v) is 22.8. The molecule has 2 atom stereocenters. The predicted octanol–water partition coefficient (Wildman–Crippen LogP) is 6.45. The van der Waals surface area contributed by atoms with Crippen LogP contribution in [0.4, 0.5) is 13.2 Å². The Morgan fingerprint density at radius 2 is 1.84 bits per heavy atom. The van der Waals surface area contributed by atoms with E-state index >= 15 is 0 Å². The normalized spacial score (nSPS) is 17.7. The van der Waals surface area contributed by atoms with Gasteiger partial charge in [0.15, 0.2) is 11.4 Å². The van der Waals surface area contributed by atoms with Crippen LogP contribution < -0.4 is 14.8 Å². The van der Waals surface area contributed by atoms with E-state index in [0.717, 1.165) is 40.9 Å². The van der Waals surface area contributed by atoms with Crippen molar-refractivity contribution in [2.75, 3.05) is 13.7 Å². The van der Waals surface area contributed by atoms with Gasteiger partial charge in [0.2, 0.25) is 0 Å². The Balaban J connectivity index is 1.95. The number of aliphatic hydroxyl groups is 1. The summed E-state index contributed by atoms with van der Waals surface area (Å²) in [5.74, 6) is 0.551. The predicted molar refractivity (Wildman–Crippen MR) is 139 cm³/mol. The zero-order valence-electron chi connectivity index (χ0n) is 22.8. The van der Waals surface area contributed by atoms with Crippen LogP contribution in [-0.4, -0.2) is 24.8 Å². The van der Waals surface area contributed by atoms with E-state index in [2.05, 4.69) is 19.2 Å². The number of hydrogen-bond acceptors (Lipinski definition) is 4. The molecule has 0 fully saturated rings. The van der Waals surface area contributed by atoms with E-state index in [1.54, 1.807) is 33.1 Å². The summed E-state index contributed by atoms with van der Waals surface area (Å²) in [6, 6.07) is 6.76. The van der Waals surface area contributed by atoms with Crippen LogP contribution >= 0.6 is 0 Å². The number of methoxy groups -OCH3 is 1. The molecular weight excluding hydrogens is 481 g/mol. The highest BCUT2D eigenvalue weighted by molar-refractivity contribution is 5.70. The standard InChI is InChI=1S/C29H39F3N2O3/c1-17(2)24-8-9-25(37-7)26(34(24)36)23-10-11-28(5,6)15-21(23)16-33-19(4)27(35)20-12-18(3)13-22(14-20)29(30,31)32/h8-9,12-14,17,19,27,33,35H,10-11,15-16H2,1-7H3/t19-,27?/m0/s1. The summed E-state index contributed by atoms with van der Waals surface area (Å²) in [5.41, 5.74) is 3.05. The molecule has 1 aliphatic carbocycles. The molecule has 2 N–H and O–H groups in total. The molecule has 3 rings (SSSR count). The number of aliphatic hydroxyl groups excluding tert-OH is 1. The van der Waals surface area contributed by atoms with Gasteiger partial charge in [-0.2, -0.15) is 17.9 Å². The van der Waals surface area contributed by atoms with Crippen LogP contribution in [0.3, 0.4) is 0 Å². The molecule has 37 heavy (non-hydrogen) atoms. The molecule has 1 aromatic heterocycles. The highest BCUT2D eigenvalue weighted by Crippen LogP contribution is 2.43. The molecule has 0 saturated heterocycles. The second kappa shape index (κ2) is 11.0. The first-order valence-corrected chi connectivity index (χ1v) is 12.8. The lowest BCUT2D eigenvalue weighted by molar-refractivity contribution is -0.618. The van der Waals surface area contributed by atoms with Gasteiger partial charge in [0.05, 0.1) is 18.8 Å². The van der Waals surface area contributed by atoms with Gasteiger partial charge in [-0.25, -0.2) is 0 Å². The van der Waals surface area contributed by atoms with E-state index in [-0.39, 0.29) is 16.9 Å². The number of nitrogens with one attached hydrogen (secondary N) is 1. The lowest BCUT2D eigenvalue weighted by atomic mass is 9.73. The molecule has 0 saturated carbocycles. The van der Waals surface area contributed by atoms with Gasteiger partial charge in [0.1, 0.15) is 0 Å². The molecule has 8 heteroatoms. The van der Waals surface area contributed by atoms with E-state index in [0.29, 0.717) is 35.7 Å². The molecular formula is C29H39F3N2O3. The average Bonchev–Trinajstić information content (AvgIpc) is 2.80. The number of allylic oxidation sites excluding steroid dienone is 1. The van der Waals surface area contributed by atoms with Crippen molar-refractivity contribution in [2.45, 2.75) is 85.0 Å². The number of halogens is 3. The van der Waals surface area contributed by atoms with Crippen molar-refractivity contribution in [1.29, 1.82) is 0 Å². The van der Waals surface area contributed by atoms with Gasteiger partial charge in [-0.1, -0.05) is 39.3 Å². The fraction of sp³-hybridized carbons (Fsp3) is 0.552. The third-order valence-corrected chi connectivity index (χ3v) is 7.22. The van der Waals surface area contributed by atoms with Crippen molar-refractivity contribution < 1.29 is 27.7 Å². The Morgan fingerprint density at radius 3 is 2.43 bits per heavy atom. The number of aryl methyl sites for hydroxylation is 1. The summed E-state index contributed by atoms with van der Waals surface area (Å²) < 4.78 is 46.5. The van der Waals surface area contributed by atoms with Gasteiger partial charge >= 0.3 is 6.18 Å². The Bertz CT molecular complexity index is 1160. The topological polar surface area (TPSA) is 68.4 Å². The van der Waals surface area contributed by atoms with Crippen LogP contribution in [0.2, 0.25) is 0 Å². The summed E-state index contributed by atoms with van der Waals surface area (Å²) in [7, 11) is 1.55. The van der Waals surface area contributed by atoms with Crippen molar-refractivity contribution in [3.63, 3.8) is 0 Å². The Morgan fingerprint density at radius 1 is 1.16 bits per heavy atom. The average molecular weight is 521 g/mol. The number of hydrogen-bond donors (Lipinski definition) is 2. The fourth-order valence-corrected chi connectivity index (χ4v) is 5.10. The number of benzene rings is 1. The molecule has 1 aromatic carbocycles. The third-order valence-electron chi connectivity index (χ3n) is 7.22. The van der Waals surface area contributed by atoms with Crippen LogP contribution in [0.1, 0.15) is 94.0 Å². The van der Waals surface area contributed by atoms with Gasteiger partial charge < -0.3 is 20.4 Å².